The van der Waals surface area contributed by atoms with E-state index in [9.17, 15) is 9.59 Å². The molecule has 0 fully saturated rings. The van der Waals surface area contributed by atoms with Crippen molar-refractivity contribution in [1.29, 1.82) is 0 Å². The first kappa shape index (κ1) is 18.1. The van der Waals surface area contributed by atoms with Gasteiger partial charge in [-0.15, -0.1) is 0 Å². The molecule has 7 heteroatoms. The highest BCUT2D eigenvalue weighted by molar-refractivity contribution is 6.30. The molecule has 26 heavy (non-hydrogen) atoms. The van der Waals surface area contributed by atoms with Gasteiger partial charge in [0.05, 0.1) is 5.92 Å². The van der Waals surface area contributed by atoms with Crippen molar-refractivity contribution in [1.82, 2.24) is 5.32 Å². The number of ether oxygens (including phenoxy) is 2. The molecule has 136 valence electrons. The van der Waals surface area contributed by atoms with Crippen LogP contribution >= 0.6 is 11.6 Å². The van der Waals surface area contributed by atoms with Gasteiger partial charge in [-0.3, -0.25) is 4.79 Å². The Bertz CT molecular complexity index is 823. The van der Waals surface area contributed by atoms with Crippen LogP contribution in [0.5, 0.6) is 11.5 Å². The SMILES string of the molecule is O=C(O)COc1cccc(CNC(=O)C2COc3ccc(Cl)cc3C2)c1. The van der Waals surface area contributed by atoms with E-state index in [0.29, 0.717) is 30.3 Å². The Morgan fingerprint density at radius 3 is 2.92 bits per heavy atom. The summed E-state index contributed by atoms with van der Waals surface area (Å²) in [6.07, 6.45) is 0.573. The Hall–Kier alpha value is -2.73. The summed E-state index contributed by atoms with van der Waals surface area (Å²) >= 11 is 6.00. The fourth-order valence-corrected chi connectivity index (χ4v) is 2.95. The Kier molecular flexibility index (Phi) is 5.63. The Morgan fingerprint density at radius 1 is 1.27 bits per heavy atom. The second-order valence-electron chi connectivity index (χ2n) is 6.01. The van der Waals surface area contributed by atoms with Gasteiger partial charge in [-0.25, -0.2) is 4.79 Å². The smallest absolute Gasteiger partial charge is 0.341 e. The number of benzene rings is 2. The molecule has 0 saturated carbocycles. The largest absolute Gasteiger partial charge is 0.492 e. The van der Waals surface area contributed by atoms with Crippen LogP contribution in [0.15, 0.2) is 42.5 Å². The van der Waals surface area contributed by atoms with E-state index < -0.39 is 12.6 Å². The average Bonchev–Trinajstić information content (AvgIpc) is 2.64. The summed E-state index contributed by atoms with van der Waals surface area (Å²) in [4.78, 5) is 23.0. The van der Waals surface area contributed by atoms with Crippen molar-refractivity contribution in [3.05, 3.63) is 58.6 Å². The average molecular weight is 376 g/mol. The van der Waals surface area contributed by atoms with Gasteiger partial charge in [-0.2, -0.15) is 0 Å². The molecule has 6 nitrogen and oxygen atoms in total. The maximum atomic E-state index is 12.4. The van der Waals surface area contributed by atoms with Gasteiger partial charge in [0.25, 0.3) is 0 Å². The van der Waals surface area contributed by atoms with Crippen LogP contribution in [0.1, 0.15) is 11.1 Å². The van der Waals surface area contributed by atoms with Gasteiger partial charge in [0.1, 0.15) is 18.1 Å². The molecule has 0 saturated heterocycles. The van der Waals surface area contributed by atoms with Crippen LogP contribution in [-0.4, -0.2) is 30.2 Å². The summed E-state index contributed by atoms with van der Waals surface area (Å²) in [7, 11) is 0. The van der Waals surface area contributed by atoms with Crippen LogP contribution in [0.25, 0.3) is 0 Å². The van der Waals surface area contributed by atoms with Crippen LogP contribution < -0.4 is 14.8 Å². The van der Waals surface area contributed by atoms with Gasteiger partial charge >= 0.3 is 5.97 Å². The molecule has 2 N–H and O–H groups in total. The van der Waals surface area contributed by atoms with Crippen molar-refractivity contribution in [2.24, 2.45) is 5.92 Å². The van der Waals surface area contributed by atoms with E-state index in [0.717, 1.165) is 16.9 Å². The minimum Gasteiger partial charge on any atom is -0.492 e. The molecule has 2 aromatic carbocycles. The Morgan fingerprint density at radius 2 is 2.12 bits per heavy atom. The zero-order valence-corrected chi connectivity index (χ0v) is 14.7. The van der Waals surface area contributed by atoms with E-state index in [2.05, 4.69) is 5.32 Å². The summed E-state index contributed by atoms with van der Waals surface area (Å²) in [5, 5.41) is 12.1. The van der Waals surface area contributed by atoms with Crippen LogP contribution in [0.3, 0.4) is 0 Å². The molecule has 1 heterocycles. The van der Waals surface area contributed by atoms with Gasteiger partial charge in [-0.05, 0) is 47.9 Å². The molecule has 2 aromatic rings. The number of carbonyl (C=O) groups is 2. The standard InChI is InChI=1S/C19H18ClNO5/c20-15-4-5-17-13(8-15)7-14(10-26-17)19(24)21-9-12-2-1-3-16(6-12)25-11-18(22)23/h1-6,8,14H,7,9-11H2,(H,21,24)(H,22,23). The molecule has 0 spiro atoms. The molecule has 1 unspecified atom stereocenters. The second-order valence-corrected chi connectivity index (χ2v) is 6.45. The third-order valence-corrected chi connectivity index (χ3v) is 4.26. The molecule has 0 aromatic heterocycles. The molecule has 1 atom stereocenters. The van der Waals surface area contributed by atoms with E-state index in [1.807, 2.05) is 18.2 Å². The molecular weight excluding hydrogens is 358 g/mol. The number of amides is 1. The predicted octanol–water partition coefficient (Wildman–Crippen LogP) is 2.67. The van der Waals surface area contributed by atoms with Crippen LogP contribution in [-0.2, 0) is 22.6 Å². The summed E-state index contributed by atoms with van der Waals surface area (Å²) in [5.41, 5.74) is 1.74. The number of carbonyl (C=O) groups excluding carboxylic acids is 1. The van der Waals surface area contributed by atoms with Gasteiger partial charge < -0.3 is 19.9 Å². The van der Waals surface area contributed by atoms with Crippen molar-refractivity contribution < 1.29 is 24.2 Å². The normalized spacial score (nSPS) is 15.5. The molecule has 1 amide bonds. The quantitative estimate of drug-likeness (QED) is 0.810. The molecular formula is C19H18ClNO5. The Labute approximate surface area is 155 Å². The van der Waals surface area contributed by atoms with Gasteiger partial charge in [0.15, 0.2) is 6.61 Å². The van der Waals surface area contributed by atoms with Gasteiger partial charge in [0.2, 0.25) is 5.91 Å². The molecule has 0 radical (unpaired) electrons. The summed E-state index contributed by atoms with van der Waals surface area (Å²) in [6.45, 7) is 0.238. The first-order chi connectivity index (χ1) is 12.5. The molecule has 1 aliphatic heterocycles. The van der Waals surface area contributed by atoms with E-state index in [1.54, 1.807) is 24.3 Å². The highest BCUT2D eigenvalue weighted by atomic mass is 35.5. The fraction of sp³-hybridized carbons (Fsp3) is 0.263. The van der Waals surface area contributed by atoms with Crippen molar-refractivity contribution in [2.75, 3.05) is 13.2 Å². The van der Waals surface area contributed by atoms with Gasteiger partial charge in [-0.1, -0.05) is 23.7 Å². The lowest BCUT2D eigenvalue weighted by Gasteiger charge is -2.24. The monoisotopic (exact) mass is 375 g/mol. The van der Waals surface area contributed by atoms with Gasteiger partial charge in [0, 0.05) is 11.6 Å². The summed E-state index contributed by atoms with van der Waals surface area (Å²) in [5.74, 6) is -0.216. The minimum atomic E-state index is -1.04. The van der Waals surface area contributed by atoms with Crippen LogP contribution in [0.2, 0.25) is 5.02 Å². The number of aliphatic carboxylic acids is 1. The number of carboxylic acids is 1. The van der Waals surface area contributed by atoms with Crippen molar-refractivity contribution in [2.45, 2.75) is 13.0 Å². The third-order valence-electron chi connectivity index (χ3n) is 4.03. The number of hydrogen-bond acceptors (Lipinski definition) is 4. The maximum absolute atomic E-state index is 12.4. The minimum absolute atomic E-state index is 0.104. The number of carboxylic acid groups (broad SMARTS) is 1. The fourth-order valence-electron chi connectivity index (χ4n) is 2.76. The highest BCUT2D eigenvalue weighted by Gasteiger charge is 2.26. The molecule has 0 aliphatic carbocycles. The summed E-state index contributed by atoms with van der Waals surface area (Å²) in [6, 6.07) is 12.4. The van der Waals surface area contributed by atoms with E-state index in [4.69, 9.17) is 26.2 Å². The zero-order valence-electron chi connectivity index (χ0n) is 13.9. The maximum Gasteiger partial charge on any atom is 0.341 e. The number of fused-ring (bicyclic) bond motifs is 1. The lowest BCUT2D eigenvalue weighted by Crippen LogP contribution is -2.37. The van der Waals surface area contributed by atoms with E-state index in [-0.39, 0.29) is 11.8 Å². The molecule has 1 aliphatic rings. The van der Waals surface area contributed by atoms with Crippen molar-refractivity contribution in [3.8, 4) is 11.5 Å². The molecule has 3 rings (SSSR count). The highest BCUT2D eigenvalue weighted by Crippen LogP contribution is 2.29. The topological polar surface area (TPSA) is 84.9 Å². The second kappa shape index (κ2) is 8.10. The van der Waals surface area contributed by atoms with Crippen molar-refractivity contribution >= 4 is 23.5 Å². The Balaban J connectivity index is 1.56. The van der Waals surface area contributed by atoms with Crippen LogP contribution in [0, 0.1) is 5.92 Å². The molecule has 0 bridgehead atoms. The van der Waals surface area contributed by atoms with E-state index >= 15 is 0 Å². The number of hydrogen-bond donors (Lipinski definition) is 2. The number of rotatable bonds is 6. The van der Waals surface area contributed by atoms with Crippen LogP contribution in [0.4, 0.5) is 0 Å². The number of halogens is 1. The van der Waals surface area contributed by atoms with Crippen molar-refractivity contribution in [3.63, 3.8) is 0 Å². The first-order valence-electron chi connectivity index (χ1n) is 8.14. The summed E-state index contributed by atoms with van der Waals surface area (Å²) < 4.78 is 10.8. The zero-order chi connectivity index (χ0) is 18.5. The third kappa shape index (κ3) is 4.67. The first-order valence-corrected chi connectivity index (χ1v) is 8.51. The van der Waals surface area contributed by atoms with E-state index in [1.165, 1.54) is 0 Å². The lowest BCUT2D eigenvalue weighted by molar-refractivity contribution is -0.139. The lowest BCUT2D eigenvalue weighted by atomic mass is 9.96. The predicted molar refractivity (Wildman–Crippen MR) is 95.6 cm³/mol. The number of nitrogens with one attached hydrogen (secondary N) is 1.